The van der Waals surface area contributed by atoms with Crippen molar-refractivity contribution >= 4 is 5.91 Å². The second kappa shape index (κ2) is 40.1. The van der Waals surface area contributed by atoms with Crippen molar-refractivity contribution in [1.29, 1.82) is 0 Å². The van der Waals surface area contributed by atoms with E-state index in [1.807, 2.05) is 0 Å². The summed E-state index contributed by atoms with van der Waals surface area (Å²) in [6.07, 6.45) is 50.7. The highest BCUT2D eigenvalue weighted by Crippen LogP contribution is 2.14. The van der Waals surface area contributed by atoms with Gasteiger partial charge in [-0.05, 0) is 77.0 Å². The molecular formula is C45H83NO4. The summed E-state index contributed by atoms with van der Waals surface area (Å²) in [5.74, 6) is -0.172. The number of rotatable bonds is 38. The molecule has 0 radical (unpaired) electrons. The van der Waals surface area contributed by atoms with E-state index in [1.54, 1.807) is 0 Å². The molecule has 50 heavy (non-hydrogen) atoms. The number of allylic oxidation sites excluding steroid dienone is 8. The number of carbonyl (C=O) groups excluding carboxylic acids is 1. The summed E-state index contributed by atoms with van der Waals surface area (Å²) in [7, 11) is 0. The van der Waals surface area contributed by atoms with Crippen LogP contribution in [0.1, 0.15) is 206 Å². The van der Waals surface area contributed by atoms with Crippen LogP contribution in [-0.2, 0) is 4.79 Å². The van der Waals surface area contributed by atoms with Gasteiger partial charge in [0.05, 0.1) is 18.8 Å². The molecule has 0 aromatic rings. The first-order chi connectivity index (χ1) is 24.6. The van der Waals surface area contributed by atoms with Gasteiger partial charge in [0.2, 0.25) is 5.91 Å². The van der Waals surface area contributed by atoms with E-state index < -0.39 is 18.2 Å². The summed E-state index contributed by atoms with van der Waals surface area (Å²) in [6.45, 7) is 4.12. The SMILES string of the molecule is CCCCC/C=C\C=C/CCCCCCCCC(=O)NC(CO)C(O)C(O)CCC/C=C/CC/C=C/CCCCCCCCCCCCCC. The van der Waals surface area contributed by atoms with Crippen LogP contribution in [0.15, 0.2) is 48.6 Å². The molecule has 0 aromatic heterocycles. The summed E-state index contributed by atoms with van der Waals surface area (Å²) < 4.78 is 0. The van der Waals surface area contributed by atoms with Crippen LogP contribution in [0, 0.1) is 0 Å². The Labute approximate surface area is 310 Å². The maximum atomic E-state index is 12.4. The van der Waals surface area contributed by atoms with Crippen LogP contribution >= 0.6 is 0 Å². The van der Waals surface area contributed by atoms with Gasteiger partial charge in [-0.15, -0.1) is 0 Å². The van der Waals surface area contributed by atoms with E-state index >= 15 is 0 Å². The Kier molecular flexibility index (Phi) is 38.7. The minimum atomic E-state index is -1.17. The van der Waals surface area contributed by atoms with E-state index in [9.17, 15) is 20.1 Å². The van der Waals surface area contributed by atoms with E-state index in [-0.39, 0.29) is 12.5 Å². The monoisotopic (exact) mass is 702 g/mol. The summed E-state index contributed by atoms with van der Waals surface area (Å²) in [5, 5.41) is 33.5. The molecule has 0 aliphatic rings. The Morgan fingerprint density at radius 1 is 0.500 bits per heavy atom. The number of hydrogen-bond donors (Lipinski definition) is 4. The van der Waals surface area contributed by atoms with Crippen molar-refractivity contribution in [3.05, 3.63) is 48.6 Å². The molecule has 0 saturated heterocycles. The zero-order valence-electron chi connectivity index (χ0n) is 33.0. The van der Waals surface area contributed by atoms with Gasteiger partial charge in [0.1, 0.15) is 6.10 Å². The number of nitrogens with one attached hydrogen (secondary N) is 1. The second-order valence-electron chi connectivity index (χ2n) is 14.6. The first-order valence-electron chi connectivity index (χ1n) is 21.4. The van der Waals surface area contributed by atoms with Crippen molar-refractivity contribution in [2.24, 2.45) is 0 Å². The molecule has 0 heterocycles. The van der Waals surface area contributed by atoms with Crippen molar-refractivity contribution in [2.75, 3.05) is 6.61 Å². The summed E-state index contributed by atoms with van der Waals surface area (Å²) in [6, 6.07) is -0.839. The van der Waals surface area contributed by atoms with Gasteiger partial charge in [-0.3, -0.25) is 4.79 Å². The Balaban J connectivity index is 3.74. The van der Waals surface area contributed by atoms with Crippen molar-refractivity contribution < 1.29 is 20.1 Å². The van der Waals surface area contributed by atoms with Crippen molar-refractivity contribution in [1.82, 2.24) is 5.32 Å². The zero-order chi connectivity index (χ0) is 36.6. The molecule has 0 aliphatic heterocycles. The van der Waals surface area contributed by atoms with Crippen LogP contribution in [-0.4, -0.2) is 46.1 Å². The third kappa shape index (κ3) is 34.7. The van der Waals surface area contributed by atoms with E-state index in [1.165, 1.54) is 128 Å². The quantitative estimate of drug-likeness (QED) is 0.0293. The van der Waals surface area contributed by atoms with Gasteiger partial charge in [-0.25, -0.2) is 0 Å². The summed E-state index contributed by atoms with van der Waals surface area (Å²) in [5.41, 5.74) is 0. The topological polar surface area (TPSA) is 89.8 Å². The lowest BCUT2D eigenvalue weighted by Gasteiger charge is -2.26. The van der Waals surface area contributed by atoms with Gasteiger partial charge in [-0.2, -0.15) is 0 Å². The number of aliphatic hydroxyl groups excluding tert-OH is 3. The average molecular weight is 702 g/mol. The number of hydrogen-bond acceptors (Lipinski definition) is 4. The van der Waals surface area contributed by atoms with E-state index in [0.717, 1.165) is 51.4 Å². The largest absolute Gasteiger partial charge is 0.394 e. The first kappa shape index (κ1) is 48.3. The molecule has 0 fully saturated rings. The average Bonchev–Trinajstić information content (AvgIpc) is 3.12. The lowest BCUT2D eigenvalue weighted by Crippen LogP contribution is -2.50. The molecule has 1 amide bonds. The van der Waals surface area contributed by atoms with Crippen molar-refractivity contribution in [2.45, 2.75) is 225 Å². The molecule has 0 bridgehead atoms. The third-order valence-electron chi connectivity index (χ3n) is 9.66. The van der Waals surface area contributed by atoms with Crippen LogP contribution in [0.3, 0.4) is 0 Å². The predicted molar refractivity (Wildman–Crippen MR) is 217 cm³/mol. The zero-order valence-corrected chi connectivity index (χ0v) is 33.0. The molecule has 292 valence electrons. The molecule has 3 unspecified atom stereocenters. The maximum absolute atomic E-state index is 12.4. The molecule has 0 aliphatic carbocycles. The molecule has 0 aromatic carbocycles. The molecule has 5 heteroatoms. The number of unbranched alkanes of at least 4 members (excludes halogenated alkanes) is 23. The molecular weight excluding hydrogens is 618 g/mol. The van der Waals surface area contributed by atoms with E-state index in [4.69, 9.17) is 0 Å². The summed E-state index contributed by atoms with van der Waals surface area (Å²) in [4.78, 5) is 12.4. The van der Waals surface area contributed by atoms with E-state index in [2.05, 4.69) is 67.8 Å². The highest BCUT2D eigenvalue weighted by molar-refractivity contribution is 5.76. The van der Waals surface area contributed by atoms with Gasteiger partial charge in [0, 0.05) is 6.42 Å². The molecule has 4 N–H and O–H groups in total. The fourth-order valence-electron chi connectivity index (χ4n) is 6.29. The normalized spacial score (nSPS) is 14.1. The van der Waals surface area contributed by atoms with Crippen LogP contribution < -0.4 is 5.32 Å². The van der Waals surface area contributed by atoms with Crippen molar-refractivity contribution in [3.8, 4) is 0 Å². The lowest BCUT2D eigenvalue weighted by molar-refractivity contribution is -0.124. The molecule has 3 atom stereocenters. The smallest absolute Gasteiger partial charge is 0.220 e. The third-order valence-corrected chi connectivity index (χ3v) is 9.66. The highest BCUT2D eigenvalue weighted by Gasteiger charge is 2.26. The highest BCUT2D eigenvalue weighted by atomic mass is 16.3. The lowest BCUT2D eigenvalue weighted by atomic mass is 10.0. The minimum absolute atomic E-state index is 0.172. The minimum Gasteiger partial charge on any atom is -0.394 e. The van der Waals surface area contributed by atoms with Gasteiger partial charge in [-0.1, -0.05) is 172 Å². The fraction of sp³-hybridized carbons (Fsp3) is 0.800. The Hall–Kier alpha value is -1.69. The molecule has 5 nitrogen and oxygen atoms in total. The van der Waals surface area contributed by atoms with Crippen molar-refractivity contribution in [3.63, 3.8) is 0 Å². The predicted octanol–water partition coefficient (Wildman–Crippen LogP) is 12.2. The van der Waals surface area contributed by atoms with Crippen LogP contribution in [0.25, 0.3) is 0 Å². The first-order valence-corrected chi connectivity index (χ1v) is 21.4. The van der Waals surface area contributed by atoms with Gasteiger partial charge < -0.3 is 20.6 Å². The van der Waals surface area contributed by atoms with Gasteiger partial charge >= 0.3 is 0 Å². The van der Waals surface area contributed by atoms with Gasteiger partial charge in [0.25, 0.3) is 0 Å². The van der Waals surface area contributed by atoms with Gasteiger partial charge in [0.15, 0.2) is 0 Å². The fourth-order valence-corrected chi connectivity index (χ4v) is 6.29. The molecule has 0 spiro atoms. The standard InChI is InChI=1S/C45H83NO4/c1-3-5-7-9-11-13-15-17-19-20-21-22-23-24-26-27-29-31-33-35-37-39-43(48)45(50)42(41-47)46-44(49)40-38-36-34-32-30-28-25-18-16-14-12-10-8-6-4-2/h12,14,16,18,24,26,31,33,42-43,45,47-48,50H,3-11,13,15,17,19-23,25,27-30,32,34-41H2,1-2H3,(H,46,49)/b14-12-,18-16-,26-24+,33-31+. The summed E-state index contributed by atoms with van der Waals surface area (Å²) >= 11 is 0. The second-order valence-corrected chi connectivity index (χ2v) is 14.6. The number of carbonyl (C=O) groups is 1. The maximum Gasteiger partial charge on any atom is 0.220 e. The molecule has 0 rings (SSSR count). The van der Waals surface area contributed by atoms with Crippen LogP contribution in [0.2, 0.25) is 0 Å². The van der Waals surface area contributed by atoms with E-state index in [0.29, 0.717) is 12.8 Å². The number of aliphatic hydroxyl groups is 3. The Morgan fingerprint density at radius 3 is 1.38 bits per heavy atom. The Morgan fingerprint density at radius 2 is 0.880 bits per heavy atom. The number of amides is 1. The van der Waals surface area contributed by atoms with Crippen LogP contribution in [0.4, 0.5) is 0 Å². The Bertz CT molecular complexity index is 820. The molecule has 0 saturated carbocycles. The van der Waals surface area contributed by atoms with Crippen LogP contribution in [0.5, 0.6) is 0 Å².